The Morgan fingerprint density at radius 2 is 1.82 bits per heavy atom. The predicted molar refractivity (Wildman–Crippen MR) is 96.1 cm³/mol. The van der Waals surface area contributed by atoms with E-state index in [2.05, 4.69) is 10.1 Å². The summed E-state index contributed by atoms with van der Waals surface area (Å²) >= 11 is 0. The van der Waals surface area contributed by atoms with Crippen LogP contribution in [0.25, 0.3) is 0 Å². The number of pyridine rings is 1. The van der Waals surface area contributed by atoms with E-state index >= 15 is 0 Å². The standard InChI is InChI=1S/C18H20F3N5O2/c1-2-7-26-16(27)6-4-14(23-26)17(28)25-10-8-24(9-11-25)15-5-3-13(12-22-15)18(19,20)21/h3-6,12H,2,7-11H2,1H3. The number of aromatic nitrogens is 3. The summed E-state index contributed by atoms with van der Waals surface area (Å²) in [6.07, 6.45) is -2.88. The van der Waals surface area contributed by atoms with Gasteiger partial charge in [0.15, 0.2) is 0 Å². The zero-order valence-corrected chi connectivity index (χ0v) is 15.3. The summed E-state index contributed by atoms with van der Waals surface area (Å²) in [6, 6.07) is 5.09. The van der Waals surface area contributed by atoms with Crippen LogP contribution in [0, 0.1) is 0 Å². The third kappa shape index (κ3) is 4.32. The van der Waals surface area contributed by atoms with Crippen molar-refractivity contribution in [2.24, 2.45) is 0 Å². The Kier molecular flexibility index (Phi) is 5.66. The number of anilines is 1. The van der Waals surface area contributed by atoms with Crippen LogP contribution in [0.15, 0.2) is 35.3 Å². The fraction of sp³-hybridized carbons (Fsp3) is 0.444. The van der Waals surface area contributed by atoms with E-state index in [1.54, 1.807) is 4.90 Å². The van der Waals surface area contributed by atoms with Crippen molar-refractivity contribution in [3.8, 4) is 0 Å². The lowest BCUT2D eigenvalue weighted by molar-refractivity contribution is -0.137. The summed E-state index contributed by atoms with van der Waals surface area (Å²) in [5, 5.41) is 4.13. The van der Waals surface area contributed by atoms with E-state index in [1.807, 2.05) is 11.8 Å². The van der Waals surface area contributed by atoms with E-state index in [1.165, 1.54) is 22.9 Å². The quantitative estimate of drug-likeness (QED) is 0.792. The highest BCUT2D eigenvalue weighted by molar-refractivity contribution is 5.92. The Labute approximate surface area is 159 Å². The van der Waals surface area contributed by atoms with Crippen molar-refractivity contribution in [3.05, 3.63) is 52.1 Å². The molecule has 10 heteroatoms. The highest BCUT2D eigenvalue weighted by atomic mass is 19.4. The van der Waals surface area contributed by atoms with Gasteiger partial charge in [-0.2, -0.15) is 18.3 Å². The SMILES string of the molecule is CCCn1nc(C(=O)N2CCN(c3ccc(C(F)(F)F)cn3)CC2)ccc1=O. The molecule has 150 valence electrons. The van der Waals surface area contributed by atoms with Crippen molar-refractivity contribution in [1.82, 2.24) is 19.7 Å². The van der Waals surface area contributed by atoms with Crippen LogP contribution in [-0.2, 0) is 12.7 Å². The minimum atomic E-state index is -4.42. The molecule has 1 fully saturated rings. The van der Waals surface area contributed by atoms with Crippen LogP contribution in [-0.4, -0.2) is 51.8 Å². The lowest BCUT2D eigenvalue weighted by atomic mass is 10.2. The minimum Gasteiger partial charge on any atom is -0.353 e. The highest BCUT2D eigenvalue weighted by Crippen LogP contribution is 2.29. The molecular weight excluding hydrogens is 375 g/mol. The zero-order chi connectivity index (χ0) is 20.3. The first-order chi connectivity index (χ1) is 13.3. The van der Waals surface area contributed by atoms with Crippen molar-refractivity contribution < 1.29 is 18.0 Å². The van der Waals surface area contributed by atoms with E-state index in [0.29, 0.717) is 38.5 Å². The largest absolute Gasteiger partial charge is 0.417 e. The van der Waals surface area contributed by atoms with Crippen molar-refractivity contribution in [2.45, 2.75) is 26.1 Å². The molecule has 0 bridgehead atoms. The molecule has 0 radical (unpaired) electrons. The van der Waals surface area contributed by atoms with Gasteiger partial charge in [-0.3, -0.25) is 9.59 Å². The Hall–Kier alpha value is -2.91. The number of piperazine rings is 1. The molecule has 2 aromatic heterocycles. The fourth-order valence-electron chi connectivity index (χ4n) is 2.98. The average Bonchev–Trinajstić information content (AvgIpc) is 2.69. The van der Waals surface area contributed by atoms with Crippen molar-refractivity contribution in [2.75, 3.05) is 31.1 Å². The third-order valence-corrected chi connectivity index (χ3v) is 4.49. The first-order valence-corrected chi connectivity index (χ1v) is 8.95. The number of hydrogen-bond acceptors (Lipinski definition) is 5. The zero-order valence-electron chi connectivity index (χ0n) is 15.3. The Morgan fingerprint density at radius 3 is 2.39 bits per heavy atom. The maximum Gasteiger partial charge on any atom is 0.417 e. The molecule has 3 rings (SSSR count). The van der Waals surface area contributed by atoms with E-state index in [-0.39, 0.29) is 17.2 Å². The van der Waals surface area contributed by atoms with Gasteiger partial charge >= 0.3 is 6.18 Å². The molecule has 0 unspecified atom stereocenters. The van der Waals surface area contributed by atoms with Crippen LogP contribution < -0.4 is 10.5 Å². The van der Waals surface area contributed by atoms with Crippen LogP contribution in [0.2, 0.25) is 0 Å². The summed E-state index contributed by atoms with van der Waals surface area (Å²) in [5.41, 5.74) is -0.843. The van der Waals surface area contributed by atoms with Crippen LogP contribution in [0.5, 0.6) is 0 Å². The second-order valence-electron chi connectivity index (χ2n) is 6.46. The van der Waals surface area contributed by atoms with Gasteiger partial charge in [-0.25, -0.2) is 9.67 Å². The lowest BCUT2D eigenvalue weighted by Gasteiger charge is -2.35. The smallest absolute Gasteiger partial charge is 0.353 e. The molecule has 1 aliphatic heterocycles. The molecule has 1 saturated heterocycles. The number of amides is 1. The summed E-state index contributed by atoms with van der Waals surface area (Å²) < 4.78 is 39.2. The maximum atomic E-state index is 12.7. The Balaban J connectivity index is 1.64. The van der Waals surface area contributed by atoms with Gasteiger partial charge in [-0.1, -0.05) is 6.92 Å². The molecule has 7 nitrogen and oxygen atoms in total. The van der Waals surface area contributed by atoms with Gasteiger partial charge in [-0.15, -0.1) is 0 Å². The van der Waals surface area contributed by atoms with Gasteiger partial charge in [0.25, 0.3) is 11.5 Å². The molecular formula is C18H20F3N5O2. The average molecular weight is 395 g/mol. The minimum absolute atomic E-state index is 0.203. The van der Waals surface area contributed by atoms with Crippen LogP contribution in [0.4, 0.5) is 19.0 Å². The van der Waals surface area contributed by atoms with Gasteiger partial charge in [0, 0.05) is 45.0 Å². The van der Waals surface area contributed by atoms with E-state index in [9.17, 15) is 22.8 Å². The molecule has 2 aromatic rings. The topological polar surface area (TPSA) is 71.3 Å². The number of hydrogen-bond donors (Lipinski definition) is 0. The molecule has 0 aliphatic carbocycles. The Morgan fingerprint density at radius 1 is 1.11 bits per heavy atom. The van der Waals surface area contributed by atoms with E-state index < -0.39 is 11.7 Å². The molecule has 28 heavy (non-hydrogen) atoms. The number of carbonyl (C=O) groups is 1. The van der Waals surface area contributed by atoms with Crippen LogP contribution in [0.3, 0.4) is 0 Å². The molecule has 3 heterocycles. The number of nitrogens with zero attached hydrogens (tertiary/aromatic N) is 5. The first kappa shape index (κ1) is 19.8. The molecule has 1 amide bonds. The molecule has 0 N–H and O–H groups in total. The normalized spacial score (nSPS) is 15.0. The number of carbonyl (C=O) groups excluding carboxylic acids is 1. The van der Waals surface area contributed by atoms with Crippen molar-refractivity contribution >= 4 is 11.7 Å². The van der Waals surface area contributed by atoms with Crippen LogP contribution >= 0.6 is 0 Å². The molecule has 0 atom stereocenters. The fourth-order valence-corrected chi connectivity index (χ4v) is 2.98. The predicted octanol–water partition coefficient (Wildman–Crippen LogP) is 2.03. The molecule has 0 aromatic carbocycles. The molecule has 0 saturated carbocycles. The van der Waals surface area contributed by atoms with Crippen molar-refractivity contribution in [1.29, 1.82) is 0 Å². The summed E-state index contributed by atoms with van der Waals surface area (Å²) in [4.78, 5) is 31.7. The monoisotopic (exact) mass is 395 g/mol. The van der Waals surface area contributed by atoms with E-state index in [4.69, 9.17) is 0 Å². The number of alkyl halides is 3. The van der Waals surface area contributed by atoms with Gasteiger partial charge < -0.3 is 9.80 Å². The highest BCUT2D eigenvalue weighted by Gasteiger charge is 2.31. The summed E-state index contributed by atoms with van der Waals surface area (Å²) in [6.45, 7) is 4.01. The van der Waals surface area contributed by atoms with Gasteiger partial charge in [0.1, 0.15) is 11.5 Å². The van der Waals surface area contributed by atoms with Crippen LogP contribution in [0.1, 0.15) is 29.4 Å². The van der Waals surface area contributed by atoms with E-state index in [0.717, 1.165) is 18.7 Å². The van der Waals surface area contributed by atoms with Gasteiger partial charge in [-0.05, 0) is 24.6 Å². The second kappa shape index (κ2) is 7.99. The Bertz CT molecular complexity index is 887. The van der Waals surface area contributed by atoms with Gasteiger partial charge in [0.2, 0.25) is 0 Å². The maximum absolute atomic E-state index is 12.7. The first-order valence-electron chi connectivity index (χ1n) is 8.95. The van der Waals surface area contributed by atoms with Crippen molar-refractivity contribution in [3.63, 3.8) is 0 Å². The number of aryl methyl sites for hydroxylation is 1. The third-order valence-electron chi connectivity index (χ3n) is 4.49. The molecule has 0 spiro atoms. The molecule has 1 aliphatic rings. The lowest BCUT2D eigenvalue weighted by Crippen LogP contribution is -2.49. The number of halogens is 3. The second-order valence-corrected chi connectivity index (χ2v) is 6.46. The van der Waals surface area contributed by atoms with Gasteiger partial charge in [0.05, 0.1) is 5.56 Å². The summed E-state index contributed by atoms with van der Waals surface area (Å²) in [7, 11) is 0. The number of rotatable bonds is 4. The summed E-state index contributed by atoms with van der Waals surface area (Å²) in [5.74, 6) is 0.166.